The summed E-state index contributed by atoms with van der Waals surface area (Å²) >= 11 is 9.45. The minimum atomic E-state index is -4.04. The maximum Gasteiger partial charge on any atom is 0.264 e. The van der Waals surface area contributed by atoms with Gasteiger partial charge in [-0.15, -0.1) is 0 Å². The molecule has 0 saturated carbocycles. The average Bonchev–Trinajstić information content (AvgIpc) is 2.83. The normalized spacial score (nSPS) is 11.3. The Hall–Kier alpha value is -3.08. The summed E-state index contributed by atoms with van der Waals surface area (Å²) in [6.07, 6.45) is 1.41. The molecule has 0 aliphatic carbocycles. The number of ether oxygens (including phenoxy) is 2. The fourth-order valence-corrected chi connectivity index (χ4v) is 5.63. The molecule has 0 fully saturated rings. The van der Waals surface area contributed by atoms with Crippen LogP contribution in [0.4, 0.5) is 5.69 Å². The first-order chi connectivity index (χ1) is 16.7. The van der Waals surface area contributed by atoms with Gasteiger partial charge >= 0.3 is 0 Å². The highest BCUT2D eigenvalue weighted by Crippen LogP contribution is 2.35. The number of carbonyl (C=O) groups excluding carboxylic acids is 1. The molecule has 0 saturated heterocycles. The summed E-state index contributed by atoms with van der Waals surface area (Å²) in [7, 11) is -1.01. The van der Waals surface area contributed by atoms with Crippen LogP contribution < -0.4 is 19.2 Å². The van der Waals surface area contributed by atoms with Gasteiger partial charge in [0.15, 0.2) is 11.5 Å². The van der Waals surface area contributed by atoms with Gasteiger partial charge in [-0.1, -0.05) is 29.8 Å². The lowest BCUT2D eigenvalue weighted by atomic mass is 10.2. The van der Waals surface area contributed by atoms with E-state index in [4.69, 9.17) is 21.1 Å². The Morgan fingerprint density at radius 3 is 2.46 bits per heavy atom. The van der Waals surface area contributed by atoms with Crippen LogP contribution in [0.3, 0.4) is 0 Å². The van der Waals surface area contributed by atoms with Crippen LogP contribution in [0.1, 0.15) is 11.1 Å². The number of halogens is 2. The van der Waals surface area contributed by atoms with Gasteiger partial charge in [0, 0.05) is 5.02 Å². The first-order valence-corrected chi connectivity index (χ1v) is 12.9. The smallest absolute Gasteiger partial charge is 0.264 e. The Morgan fingerprint density at radius 2 is 1.83 bits per heavy atom. The molecule has 0 atom stereocenters. The van der Waals surface area contributed by atoms with Crippen LogP contribution in [0.15, 0.2) is 75.1 Å². The molecule has 1 N–H and O–H groups in total. The van der Waals surface area contributed by atoms with E-state index < -0.39 is 22.5 Å². The van der Waals surface area contributed by atoms with Gasteiger partial charge in [-0.25, -0.2) is 13.8 Å². The first-order valence-electron chi connectivity index (χ1n) is 10.2. The summed E-state index contributed by atoms with van der Waals surface area (Å²) in [5.74, 6) is 0.372. The van der Waals surface area contributed by atoms with Gasteiger partial charge in [0.1, 0.15) is 6.54 Å². The second-order valence-corrected chi connectivity index (χ2v) is 10.4. The third-order valence-corrected chi connectivity index (χ3v) is 7.50. The highest BCUT2D eigenvalue weighted by atomic mass is 79.9. The molecule has 0 spiro atoms. The van der Waals surface area contributed by atoms with Crippen LogP contribution in [0.5, 0.6) is 11.5 Å². The minimum absolute atomic E-state index is 0.0563. The molecular weight excluding hydrogens is 558 g/mol. The van der Waals surface area contributed by atoms with Crippen LogP contribution >= 0.6 is 27.5 Å². The zero-order valence-electron chi connectivity index (χ0n) is 19.2. The predicted octanol–water partition coefficient (Wildman–Crippen LogP) is 4.77. The molecule has 3 aromatic rings. The maximum absolute atomic E-state index is 13.4. The largest absolute Gasteiger partial charge is 0.493 e. The molecule has 0 bridgehead atoms. The summed E-state index contributed by atoms with van der Waals surface area (Å²) in [6.45, 7) is 1.23. The van der Waals surface area contributed by atoms with Crippen molar-refractivity contribution in [3.63, 3.8) is 0 Å². The van der Waals surface area contributed by atoms with Gasteiger partial charge in [0.05, 0.1) is 35.5 Å². The summed E-state index contributed by atoms with van der Waals surface area (Å²) in [5, 5.41) is 4.42. The van der Waals surface area contributed by atoms with E-state index >= 15 is 0 Å². The van der Waals surface area contributed by atoms with Crippen molar-refractivity contribution in [2.75, 3.05) is 25.1 Å². The van der Waals surface area contributed by atoms with Gasteiger partial charge in [-0.05, 0) is 76.4 Å². The SMILES string of the molecule is COc1cc(/C=N\NC(=O)CN(c2ccc(Cl)cc2C)S(=O)(=O)c2ccccc2)cc(Br)c1OC. The number of sulfonamides is 1. The highest BCUT2D eigenvalue weighted by molar-refractivity contribution is 9.10. The Kier molecular flexibility index (Phi) is 8.76. The van der Waals surface area contributed by atoms with Crippen molar-refractivity contribution in [1.82, 2.24) is 5.43 Å². The molecule has 1 amide bonds. The molecule has 0 radical (unpaired) electrons. The fourth-order valence-electron chi connectivity index (χ4n) is 3.28. The quantitative estimate of drug-likeness (QED) is 0.290. The number of hydrogen-bond donors (Lipinski definition) is 1. The van der Waals surface area contributed by atoms with Crippen molar-refractivity contribution in [2.45, 2.75) is 11.8 Å². The van der Waals surface area contributed by atoms with E-state index in [0.717, 1.165) is 4.31 Å². The lowest BCUT2D eigenvalue weighted by Crippen LogP contribution is -2.40. The third kappa shape index (κ3) is 6.33. The second-order valence-electron chi connectivity index (χ2n) is 7.29. The van der Waals surface area contributed by atoms with Crippen molar-refractivity contribution in [3.05, 3.63) is 81.3 Å². The average molecular weight is 581 g/mol. The van der Waals surface area contributed by atoms with E-state index in [1.165, 1.54) is 32.6 Å². The summed E-state index contributed by atoms with van der Waals surface area (Å²) in [5.41, 5.74) is 3.94. The monoisotopic (exact) mass is 579 g/mol. The van der Waals surface area contributed by atoms with Gasteiger partial charge in [0.2, 0.25) is 0 Å². The van der Waals surface area contributed by atoms with Crippen molar-refractivity contribution in [3.8, 4) is 11.5 Å². The fraction of sp³-hybridized carbons (Fsp3) is 0.167. The predicted molar refractivity (Wildman–Crippen MR) is 140 cm³/mol. The lowest BCUT2D eigenvalue weighted by molar-refractivity contribution is -0.119. The number of methoxy groups -OCH3 is 2. The van der Waals surface area contributed by atoms with Crippen molar-refractivity contribution in [2.24, 2.45) is 5.10 Å². The Morgan fingerprint density at radius 1 is 1.11 bits per heavy atom. The molecule has 3 rings (SSSR count). The zero-order chi connectivity index (χ0) is 25.6. The molecule has 35 heavy (non-hydrogen) atoms. The van der Waals surface area contributed by atoms with Crippen LogP contribution in [-0.2, 0) is 14.8 Å². The summed E-state index contributed by atoms with van der Waals surface area (Å²) < 4.78 is 39.1. The molecule has 8 nitrogen and oxygen atoms in total. The van der Waals surface area contributed by atoms with Crippen LogP contribution in [-0.4, -0.2) is 41.3 Å². The number of benzene rings is 3. The van der Waals surface area contributed by atoms with Gasteiger partial charge in [-0.2, -0.15) is 5.10 Å². The van der Waals surface area contributed by atoms with Gasteiger partial charge in [-0.3, -0.25) is 9.10 Å². The van der Waals surface area contributed by atoms with E-state index in [-0.39, 0.29) is 4.90 Å². The molecule has 184 valence electrons. The highest BCUT2D eigenvalue weighted by Gasteiger charge is 2.28. The summed E-state index contributed by atoms with van der Waals surface area (Å²) in [6, 6.07) is 16.1. The number of aryl methyl sites for hydroxylation is 1. The molecule has 0 aromatic heterocycles. The number of hydrazone groups is 1. The van der Waals surface area contributed by atoms with Crippen molar-refractivity contribution >= 4 is 55.4 Å². The summed E-state index contributed by atoms with van der Waals surface area (Å²) in [4.78, 5) is 12.8. The van der Waals surface area contributed by atoms with Crippen LogP contribution in [0.2, 0.25) is 5.02 Å². The Balaban J connectivity index is 1.86. The van der Waals surface area contributed by atoms with Crippen molar-refractivity contribution < 1.29 is 22.7 Å². The molecule has 3 aromatic carbocycles. The van der Waals surface area contributed by atoms with E-state index in [2.05, 4.69) is 26.5 Å². The lowest BCUT2D eigenvalue weighted by Gasteiger charge is -2.25. The standard InChI is InChI=1S/C24H23BrClN3O5S/c1-16-11-18(26)9-10-21(16)29(35(31,32)19-7-5-4-6-8-19)15-23(30)28-27-14-17-12-20(25)24(34-3)22(13-17)33-2/h4-14H,15H2,1-3H3,(H,28,30)/b27-14-. The number of hydrogen-bond acceptors (Lipinski definition) is 6. The first kappa shape index (κ1) is 26.5. The number of anilines is 1. The number of carbonyl (C=O) groups is 1. The molecule has 0 unspecified atom stereocenters. The second kappa shape index (κ2) is 11.6. The van der Waals surface area contributed by atoms with E-state index in [1.54, 1.807) is 55.5 Å². The van der Waals surface area contributed by atoms with E-state index in [1.807, 2.05) is 0 Å². The van der Waals surface area contributed by atoms with E-state index in [0.29, 0.717) is 37.8 Å². The number of rotatable bonds is 9. The van der Waals surface area contributed by atoms with Gasteiger partial charge < -0.3 is 9.47 Å². The number of amides is 1. The molecule has 0 heterocycles. The topological polar surface area (TPSA) is 97.3 Å². The maximum atomic E-state index is 13.4. The minimum Gasteiger partial charge on any atom is -0.493 e. The molecule has 11 heteroatoms. The number of nitrogens with zero attached hydrogens (tertiary/aromatic N) is 2. The zero-order valence-corrected chi connectivity index (χ0v) is 22.3. The van der Waals surface area contributed by atoms with Gasteiger partial charge in [0.25, 0.3) is 15.9 Å². The third-order valence-electron chi connectivity index (χ3n) is 4.90. The van der Waals surface area contributed by atoms with Crippen LogP contribution in [0, 0.1) is 6.92 Å². The van der Waals surface area contributed by atoms with E-state index in [9.17, 15) is 13.2 Å². The Bertz CT molecular complexity index is 1350. The number of nitrogens with one attached hydrogen (secondary N) is 1. The van der Waals surface area contributed by atoms with Crippen LogP contribution in [0.25, 0.3) is 0 Å². The molecule has 0 aliphatic rings. The Labute approximate surface area is 217 Å². The van der Waals surface area contributed by atoms with Crippen molar-refractivity contribution in [1.29, 1.82) is 0 Å². The molecule has 0 aliphatic heterocycles. The molecular formula is C24H23BrClN3O5S.